The van der Waals surface area contributed by atoms with Crippen molar-refractivity contribution in [1.29, 1.82) is 0 Å². The number of hydrogen-bond acceptors (Lipinski definition) is 5. The second kappa shape index (κ2) is 7.89. The van der Waals surface area contributed by atoms with Gasteiger partial charge in [-0.3, -0.25) is 4.79 Å². The average molecular weight is 382 g/mol. The number of benzene rings is 1. The summed E-state index contributed by atoms with van der Waals surface area (Å²) in [5.74, 6) is 0.237. The fraction of sp³-hybridized carbons (Fsp3) is 0.353. The quantitative estimate of drug-likeness (QED) is 0.819. The Morgan fingerprint density at radius 2 is 2.08 bits per heavy atom. The van der Waals surface area contributed by atoms with E-state index in [1.165, 1.54) is 0 Å². The van der Waals surface area contributed by atoms with Gasteiger partial charge in [-0.15, -0.1) is 0 Å². The van der Waals surface area contributed by atoms with E-state index < -0.39 is 5.97 Å². The minimum absolute atomic E-state index is 0.0582. The number of aliphatic carboxylic acids is 1. The molecule has 0 amide bonds. The van der Waals surface area contributed by atoms with E-state index in [0.29, 0.717) is 21.7 Å². The van der Waals surface area contributed by atoms with Crippen molar-refractivity contribution in [3.05, 3.63) is 46.2 Å². The molecule has 1 aromatic heterocycles. The SMILES string of the molecule is O=C(O)CC1CCCN1c1ncc(OCc2ccc(Cl)cc2Cl)cn1. The lowest BCUT2D eigenvalue weighted by atomic mass is 10.1. The predicted octanol–water partition coefficient (Wildman–Crippen LogP) is 3.81. The van der Waals surface area contributed by atoms with Crippen molar-refractivity contribution in [1.82, 2.24) is 9.97 Å². The van der Waals surface area contributed by atoms with E-state index in [0.717, 1.165) is 24.9 Å². The van der Waals surface area contributed by atoms with Crippen molar-refractivity contribution >= 4 is 35.1 Å². The van der Waals surface area contributed by atoms with E-state index in [4.69, 9.17) is 33.0 Å². The summed E-state index contributed by atoms with van der Waals surface area (Å²) >= 11 is 12.0. The number of anilines is 1. The molecule has 0 aliphatic carbocycles. The second-order valence-electron chi connectivity index (χ2n) is 5.83. The smallest absolute Gasteiger partial charge is 0.305 e. The van der Waals surface area contributed by atoms with Crippen molar-refractivity contribution in [2.75, 3.05) is 11.4 Å². The molecule has 6 nitrogen and oxygen atoms in total. The Hall–Kier alpha value is -2.05. The molecule has 1 N–H and O–H groups in total. The van der Waals surface area contributed by atoms with Gasteiger partial charge in [-0.2, -0.15) is 0 Å². The first-order chi connectivity index (χ1) is 12.0. The molecule has 1 fully saturated rings. The average Bonchev–Trinajstić information content (AvgIpc) is 3.02. The van der Waals surface area contributed by atoms with E-state index in [9.17, 15) is 4.79 Å². The Morgan fingerprint density at radius 1 is 1.32 bits per heavy atom. The molecule has 1 aliphatic rings. The summed E-state index contributed by atoms with van der Waals surface area (Å²) in [6, 6.07) is 5.16. The Labute approximate surface area is 155 Å². The molecule has 2 aromatic rings. The minimum atomic E-state index is -0.809. The zero-order valence-corrected chi connectivity index (χ0v) is 14.9. The summed E-state index contributed by atoms with van der Waals surface area (Å²) in [5.41, 5.74) is 0.816. The van der Waals surface area contributed by atoms with Crippen molar-refractivity contribution in [2.24, 2.45) is 0 Å². The number of aromatic nitrogens is 2. The van der Waals surface area contributed by atoms with Crippen molar-refractivity contribution in [3.8, 4) is 5.75 Å². The number of halogens is 2. The Kier molecular flexibility index (Phi) is 5.60. The Morgan fingerprint density at radius 3 is 2.76 bits per heavy atom. The van der Waals surface area contributed by atoms with Crippen LogP contribution in [0.3, 0.4) is 0 Å². The number of nitrogens with zero attached hydrogens (tertiary/aromatic N) is 3. The zero-order chi connectivity index (χ0) is 17.8. The van der Waals surface area contributed by atoms with E-state index in [-0.39, 0.29) is 19.1 Å². The molecule has 0 spiro atoms. The topological polar surface area (TPSA) is 75.5 Å². The van der Waals surface area contributed by atoms with Gasteiger partial charge in [-0.1, -0.05) is 29.3 Å². The molecule has 3 rings (SSSR count). The summed E-state index contributed by atoms with van der Waals surface area (Å²) in [7, 11) is 0. The highest BCUT2D eigenvalue weighted by Crippen LogP contribution is 2.26. The lowest BCUT2D eigenvalue weighted by Crippen LogP contribution is -2.32. The van der Waals surface area contributed by atoms with Crippen LogP contribution in [-0.4, -0.2) is 33.6 Å². The summed E-state index contributed by atoms with van der Waals surface area (Å²) in [4.78, 5) is 21.5. The summed E-state index contributed by atoms with van der Waals surface area (Å²) in [6.07, 6.45) is 5.04. The molecule has 0 saturated carbocycles. The Bertz CT molecular complexity index is 755. The van der Waals surface area contributed by atoms with Crippen LogP contribution in [0.5, 0.6) is 5.75 Å². The lowest BCUT2D eigenvalue weighted by molar-refractivity contribution is -0.137. The lowest BCUT2D eigenvalue weighted by Gasteiger charge is -2.23. The third-order valence-electron chi connectivity index (χ3n) is 4.07. The van der Waals surface area contributed by atoms with Crippen molar-refractivity contribution in [2.45, 2.75) is 31.9 Å². The van der Waals surface area contributed by atoms with Crippen LogP contribution >= 0.6 is 23.2 Å². The van der Waals surface area contributed by atoms with Crippen molar-refractivity contribution in [3.63, 3.8) is 0 Å². The zero-order valence-electron chi connectivity index (χ0n) is 13.4. The number of rotatable bonds is 6. The van der Waals surface area contributed by atoms with Gasteiger partial charge >= 0.3 is 5.97 Å². The van der Waals surface area contributed by atoms with Crippen LogP contribution in [0.25, 0.3) is 0 Å². The molecule has 1 aromatic carbocycles. The van der Waals surface area contributed by atoms with Gasteiger partial charge in [0.15, 0.2) is 5.75 Å². The molecule has 1 unspecified atom stereocenters. The highest BCUT2D eigenvalue weighted by molar-refractivity contribution is 6.35. The first kappa shape index (κ1) is 17.8. The number of carboxylic acid groups (broad SMARTS) is 1. The van der Waals surface area contributed by atoms with Crippen LogP contribution in [0, 0.1) is 0 Å². The van der Waals surface area contributed by atoms with E-state index >= 15 is 0 Å². The van der Waals surface area contributed by atoms with Gasteiger partial charge in [-0.25, -0.2) is 9.97 Å². The van der Waals surface area contributed by atoms with E-state index in [1.54, 1.807) is 30.6 Å². The maximum atomic E-state index is 10.9. The molecule has 1 atom stereocenters. The van der Waals surface area contributed by atoms with Crippen LogP contribution in [0.15, 0.2) is 30.6 Å². The molecule has 8 heteroatoms. The third-order valence-corrected chi connectivity index (χ3v) is 4.66. The summed E-state index contributed by atoms with van der Waals surface area (Å²) in [6.45, 7) is 1.04. The molecule has 1 aliphatic heterocycles. The highest BCUT2D eigenvalue weighted by Gasteiger charge is 2.28. The number of hydrogen-bond donors (Lipinski definition) is 1. The molecule has 1 saturated heterocycles. The fourth-order valence-corrected chi connectivity index (χ4v) is 3.31. The molecule has 2 heterocycles. The Balaban J connectivity index is 1.63. The van der Waals surface area contributed by atoms with Crippen LogP contribution in [0.2, 0.25) is 10.0 Å². The fourth-order valence-electron chi connectivity index (χ4n) is 2.84. The molecule has 0 bridgehead atoms. The molecule has 0 radical (unpaired) electrons. The van der Waals surface area contributed by atoms with Gasteiger partial charge in [0.25, 0.3) is 0 Å². The van der Waals surface area contributed by atoms with Gasteiger partial charge < -0.3 is 14.7 Å². The van der Waals surface area contributed by atoms with E-state index in [1.807, 2.05) is 4.90 Å². The first-order valence-electron chi connectivity index (χ1n) is 7.90. The molecular formula is C17H17Cl2N3O3. The van der Waals surface area contributed by atoms with Crippen LogP contribution in [-0.2, 0) is 11.4 Å². The van der Waals surface area contributed by atoms with Crippen LogP contribution in [0.1, 0.15) is 24.8 Å². The van der Waals surface area contributed by atoms with E-state index in [2.05, 4.69) is 9.97 Å². The number of ether oxygens (including phenoxy) is 1. The van der Waals surface area contributed by atoms with Gasteiger partial charge in [0.2, 0.25) is 5.95 Å². The molecular weight excluding hydrogens is 365 g/mol. The van der Waals surface area contributed by atoms with Gasteiger partial charge in [0.1, 0.15) is 6.61 Å². The van der Waals surface area contributed by atoms with Gasteiger partial charge in [0.05, 0.1) is 18.8 Å². The van der Waals surface area contributed by atoms with Gasteiger partial charge in [-0.05, 0) is 25.0 Å². The monoisotopic (exact) mass is 381 g/mol. The normalized spacial score (nSPS) is 16.9. The largest absolute Gasteiger partial charge is 0.486 e. The highest BCUT2D eigenvalue weighted by atomic mass is 35.5. The minimum Gasteiger partial charge on any atom is -0.486 e. The first-order valence-corrected chi connectivity index (χ1v) is 8.66. The van der Waals surface area contributed by atoms with Gasteiger partial charge in [0, 0.05) is 28.2 Å². The number of carboxylic acids is 1. The standard InChI is InChI=1S/C17H17Cl2N3O3/c18-12-4-3-11(15(19)6-12)10-25-14-8-20-17(21-9-14)22-5-1-2-13(22)7-16(23)24/h3-4,6,8-9,13H,1-2,5,7,10H2,(H,23,24). The van der Waals surface area contributed by atoms with Crippen LogP contribution < -0.4 is 9.64 Å². The van der Waals surface area contributed by atoms with Crippen LogP contribution in [0.4, 0.5) is 5.95 Å². The van der Waals surface area contributed by atoms with Crippen molar-refractivity contribution < 1.29 is 14.6 Å². The second-order valence-corrected chi connectivity index (χ2v) is 6.67. The summed E-state index contributed by atoms with van der Waals surface area (Å²) in [5, 5.41) is 10.1. The molecule has 25 heavy (non-hydrogen) atoms. The number of carbonyl (C=O) groups is 1. The maximum absolute atomic E-state index is 10.9. The maximum Gasteiger partial charge on any atom is 0.305 e. The summed E-state index contributed by atoms with van der Waals surface area (Å²) < 4.78 is 5.66. The predicted molar refractivity (Wildman–Crippen MR) is 95.4 cm³/mol. The molecule has 132 valence electrons. The third kappa shape index (κ3) is 4.52.